The van der Waals surface area contributed by atoms with Crippen molar-refractivity contribution in [1.82, 2.24) is 14.4 Å². The zero-order valence-corrected chi connectivity index (χ0v) is 19.8. The number of pyridine rings is 1. The van der Waals surface area contributed by atoms with E-state index in [0.717, 1.165) is 44.0 Å². The van der Waals surface area contributed by atoms with Crippen LogP contribution in [0.25, 0.3) is 6.08 Å². The van der Waals surface area contributed by atoms with Gasteiger partial charge in [-0.1, -0.05) is 37.0 Å². The van der Waals surface area contributed by atoms with Crippen LogP contribution >= 0.6 is 24.0 Å². The number of hydrogen-bond acceptors (Lipinski definition) is 7. The van der Waals surface area contributed by atoms with E-state index in [2.05, 4.69) is 29.5 Å². The summed E-state index contributed by atoms with van der Waals surface area (Å²) in [6.07, 6.45) is 4.21. The molecule has 31 heavy (non-hydrogen) atoms. The number of anilines is 1. The molecule has 0 saturated carbocycles. The number of rotatable bonds is 6. The predicted octanol–water partition coefficient (Wildman–Crippen LogP) is 2.58. The largest absolute Gasteiger partial charge is 0.355 e. The van der Waals surface area contributed by atoms with Crippen molar-refractivity contribution in [1.29, 1.82) is 5.26 Å². The quantitative estimate of drug-likeness (QED) is 0.369. The minimum atomic E-state index is -0.271. The molecule has 2 aliphatic rings. The molecule has 0 atom stereocenters. The van der Waals surface area contributed by atoms with E-state index >= 15 is 0 Å². The van der Waals surface area contributed by atoms with Crippen LogP contribution in [0.5, 0.6) is 0 Å². The molecule has 7 nitrogen and oxygen atoms in total. The molecule has 1 amide bonds. The molecular weight excluding hydrogens is 430 g/mol. The number of piperazine rings is 1. The number of carbonyl (C=O) groups excluding carboxylic acids is 1. The maximum absolute atomic E-state index is 13.2. The predicted molar refractivity (Wildman–Crippen MR) is 130 cm³/mol. The van der Waals surface area contributed by atoms with Crippen LogP contribution in [0.3, 0.4) is 0 Å². The smallest absolute Gasteiger partial charge is 0.270 e. The van der Waals surface area contributed by atoms with Crippen LogP contribution in [0.2, 0.25) is 0 Å². The van der Waals surface area contributed by atoms with Crippen LogP contribution in [0.1, 0.15) is 30.0 Å². The van der Waals surface area contributed by atoms with Crippen LogP contribution in [0.4, 0.5) is 5.82 Å². The van der Waals surface area contributed by atoms with Crippen LogP contribution in [-0.4, -0.2) is 64.4 Å². The van der Waals surface area contributed by atoms with Gasteiger partial charge in [-0.2, -0.15) is 5.26 Å². The minimum absolute atomic E-state index is 0.124. The van der Waals surface area contributed by atoms with E-state index in [1.54, 1.807) is 23.6 Å². The first-order valence-electron chi connectivity index (χ1n) is 10.3. The number of nitrogens with zero attached hydrogens (tertiary/aromatic N) is 5. The first-order chi connectivity index (χ1) is 14.8. The average molecular weight is 458 g/mol. The zero-order valence-electron chi connectivity index (χ0n) is 18.2. The second-order valence-electron chi connectivity index (χ2n) is 7.68. The van der Waals surface area contributed by atoms with Gasteiger partial charge in [-0.3, -0.25) is 19.1 Å². The lowest BCUT2D eigenvalue weighted by atomic mass is 10.0. The Morgan fingerprint density at radius 2 is 1.94 bits per heavy atom. The number of thiocarbonyl (C=S) groups is 1. The summed E-state index contributed by atoms with van der Waals surface area (Å²) in [5, 5.41) is 9.70. The van der Waals surface area contributed by atoms with Crippen molar-refractivity contribution in [2.45, 2.75) is 26.8 Å². The van der Waals surface area contributed by atoms with Gasteiger partial charge in [0.2, 0.25) is 0 Å². The van der Waals surface area contributed by atoms with Gasteiger partial charge in [0, 0.05) is 44.8 Å². The van der Waals surface area contributed by atoms with Crippen molar-refractivity contribution in [3.05, 3.63) is 44.6 Å². The summed E-state index contributed by atoms with van der Waals surface area (Å²) in [5.41, 5.74) is 1.20. The molecule has 3 heterocycles. The highest BCUT2D eigenvalue weighted by molar-refractivity contribution is 8.26. The summed E-state index contributed by atoms with van der Waals surface area (Å²) in [4.78, 5) is 32.5. The normalized spacial score (nSPS) is 18.7. The number of likely N-dealkylation sites (N-methyl/N-ethyl adjacent to an activating group) is 1. The highest BCUT2D eigenvalue weighted by Crippen LogP contribution is 2.36. The third-order valence-electron chi connectivity index (χ3n) is 5.56. The number of aromatic nitrogens is 1. The molecule has 0 aliphatic carbocycles. The molecule has 0 aromatic carbocycles. The van der Waals surface area contributed by atoms with Crippen LogP contribution < -0.4 is 10.5 Å². The fourth-order valence-corrected chi connectivity index (χ4v) is 5.11. The third kappa shape index (κ3) is 4.47. The van der Waals surface area contributed by atoms with Gasteiger partial charge < -0.3 is 9.80 Å². The standard InChI is InChI=1S/C22H27N5O2S2/c1-5-7-26-19(25-11-9-24(4)10-12-25)16(15(3)17(14-23)20(26)28)13-18-21(29)27(8-6-2)22(30)31-18/h6,13H,2,5,7-12H2,1,3-4H3/b18-13+. The Bertz CT molecular complexity index is 1050. The molecule has 0 bridgehead atoms. The molecule has 1 aromatic rings. The first-order valence-corrected chi connectivity index (χ1v) is 11.5. The number of amides is 1. The maximum Gasteiger partial charge on any atom is 0.270 e. The number of carbonyl (C=O) groups is 1. The minimum Gasteiger partial charge on any atom is -0.355 e. The maximum atomic E-state index is 13.2. The number of nitriles is 1. The molecule has 1 aromatic heterocycles. The van der Waals surface area contributed by atoms with Crippen molar-refractivity contribution in [2.24, 2.45) is 0 Å². The molecule has 3 rings (SSSR count). The second kappa shape index (κ2) is 9.81. The van der Waals surface area contributed by atoms with Crippen molar-refractivity contribution in [2.75, 3.05) is 44.7 Å². The van der Waals surface area contributed by atoms with E-state index in [1.165, 1.54) is 16.7 Å². The fraction of sp³-hybridized carbons (Fsp3) is 0.455. The average Bonchev–Trinajstić information content (AvgIpc) is 3.01. The van der Waals surface area contributed by atoms with Gasteiger partial charge in [0.1, 0.15) is 21.8 Å². The van der Waals surface area contributed by atoms with Crippen LogP contribution in [0, 0.1) is 18.3 Å². The molecule has 0 N–H and O–H groups in total. The molecule has 0 unspecified atom stereocenters. The van der Waals surface area contributed by atoms with E-state index in [4.69, 9.17) is 12.2 Å². The lowest BCUT2D eigenvalue weighted by Gasteiger charge is -2.36. The molecule has 9 heteroatoms. The van der Waals surface area contributed by atoms with Gasteiger partial charge in [-0.05, 0) is 32.0 Å². The first kappa shape index (κ1) is 23.3. The van der Waals surface area contributed by atoms with E-state index in [0.29, 0.717) is 27.9 Å². The van der Waals surface area contributed by atoms with Gasteiger partial charge in [-0.15, -0.1) is 6.58 Å². The number of thioether (sulfide) groups is 1. The molecule has 2 fully saturated rings. The summed E-state index contributed by atoms with van der Waals surface area (Å²) in [6, 6.07) is 2.08. The summed E-state index contributed by atoms with van der Waals surface area (Å²) in [6.45, 7) is 11.6. The van der Waals surface area contributed by atoms with E-state index < -0.39 is 0 Å². The summed E-state index contributed by atoms with van der Waals surface area (Å²) in [5.74, 6) is 0.607. The molecule has 0 radical (unpaired) electrons. The molecular formula is C22H27N5O2S2. The van der Waals surface area contributed by atoms with Crippen molar-refractivity contribution in [3.8, 4) is 6.07 Å². The molecule has 0 spiro atoms. The van der Waals surface area contributed by atoms with Crippen molar-refractivity contribution >= 4 is 46.1 Å². The van der Waals surface area contributed by atoms with Crippen molar-refractivity contribution < 1.29 is 4.79 Å². The van der Waals surface area contributed by atoms with Crippen LogP contribution in [0.15, 0.2) is 22.4 Å². The van der Waals surface area contributed by atoms with Gasteiger partial charge in [0.15, 0.2) is 0 Å². The second-order valence-corrected chi connectivity index (χ2v) is 9.35. The highest BCUT2D eigenvalue weighted by Gasteiger charge is 2.32. The Kier molecular flexibility index (Phi) is 7.36. The van der Waals surface area contributed by atoms with Gasteiger partial charge in [-0.25, -0.2) is 0 Å². The zero-order chi connectivity index (χ0) is 22.7. The van der Waals surface area contributed by atoms with Crippen molar-refractivity contribution in [3.63, 3.8) is 0 Å². The molecule has 2 aliphatic heterocycles. The third-order valence-corrected chi connectivity index (χ3v) is 6.93. The Labute approximate surface area is 192 Å². The van der Waals surface area contributed by atoms with Gasteiger partial charge >= 0.3 is 0 Å². The fourth-order valence-electron chi connectivity index (χ4n) is 3.85. The van der Waals surface area contributed by atoms with E-state index in [9.17, 15) is 14.9 Å². The van der Waals surface area contributed by atoms with E-state index in [1.807, 2.05) is 6.92 Å². The van der Waals surface area contributed by atoms with Gasteiger partial charge in [0.25, 0.3) is 11.5 Å². The Morgan fingerprint density at radius 1 is 1.26 bits per heavy atom. The summed E-state index contributed by atoms with van der Waals surface area (Å²) >= 11 is 6.61. The summed E-state index contributed by atoms with van der Waals surface area (Å²) in [7, 11) is 2.08. The summed E-state index contributed by atoms with van der Waals surface area (Å²) < 4.78 is 2.19. The lowest BCUT2D eigenvalue weighted by Crippen LogP contribution is -2.47. The molecule has 2 saturated heterocycles. The van der Waals surface area contributed by atoms with Gasteiger partial charge in [0.05, 0.1) is 4.91 Å². The highest BCUT2D eigenvalue weighted by atomic mass is 32.2. The van der Waals surface area contributed by atoms with Crippen LogP contribution in [-0.2, 0) is 11.3 Å². The SMILES string of the molecule is C=CCN1C(=O)/C(=C\c2c(C)c(C#N)c(=O)n(CCC)c2N2CCN(C)CC2)SC1=S. The Morgan fingerprint density at radius 3 is 2.52 bits per heavy atom. The lowest BCUT2D eigenvalue weighted by molar-refractivity contribution is -0.121. The molecule has 164 valence electrons. The van der Waals surface area contributed by atoms with E-state index in [-0.39, 0.29) is 17.0 Å². The Hall–Kier alpha value is -2.41. The Balaban J connectivity index is 2.23. The topological polar surface area (TPSA) is 72.6 Å². The monoisotopic (exact) mass is 457 g/mol. The number of hydrogen-bond donors (Lipinski definition) is 0.